The molecule has 0 radical (unpaired) electrons. The Morgan fingerprint density at radius 3 is 2.57 bits per heavy atom. The van der Waals surface area contributed by atoms with Crippen LogP contribution in [0.5, 0.6) is 0 Å². The lowest BCUT2D eigenvalue weighted by Gasteiger charge is -2.14. The Hall–Kier alpha value is 0.270. The van der Waals surface area contributed by atoms with E-state index in [1.54, 1.807) is 0 Å². The monoisotopic (exact) mass is 124 g/mol. The molecule has 4 nitrogen and oxygen atoms in total. The molecule has 3 N–H and O–H groups in total. The molecule has 0 aromatic rings. The van der Waals surface area contributed by atoms with Gasteiger partial charge in [-0.25, -0.2) is 0 Å². The Bertz CT molecular complexity index is 41.9. The molecular weight excluding hydrogens is 117 g/mol. The first-order valence-corrected chi connectivity index (χ1v) is 2.97. The number of hydrogen-bond acceptors (Lipinski definition) is 4. The van der Waals surface area contributed by atoms with Crippen molar-refractivity contribution in [1.82, 2.24) is 0 Å². The molecule has 0 saturated carbocycles. The van der Waals surface area contributed by atoms with Crippen LogP contribution in [0.3, 0.4) is 0 Å². The first-order chi connectivity index (χ1) is 3.27. The van der Waals surface area contributed by atoms with Crippen LogP contribution in [0.1, 0.15) is 0 Å². The van der Waals surface area contributed by atoms with Crippen molar-refractivity contribution in [3.05, 3.63) is 0 Å². The lowest BCUT2D eigenvalue weighted by Crippen LogP contribution is -2.08. The summed E-state index contributed by atoms with van der Waals surface area (Å²) in [7, 11) is -2.02. The van der Waals surface area contributed by atoms with Gasteiger partial charge in [0, 0.05) is 8.53 Å². The van der Waals surface area contributed by atoms with Crippen LogP contribution in [0.15, 0.2) is 0 Å². The van der Waals surface area contributed by atoms with Crippen molar-refractivity contribution < 1.29 is 14.5 Å². The minimum Gasteiger partial charge on any atom is -0.796 e. The highest BCUT2D eigenvalue weighted by atomic mass is 31.2. The van der Waals surface area contributed by atoms with E-state index in [1.807, 2.05) is 0 Å². The zero-order valence-corrected chi connectivity index (χ0v) is 4.60. The van der Waals surface area contributed by atoms with Gasteiger partial charge in [-0.1, -0.05) is 0 Å². The Labute approximate surface area is 42.9 Å². The van der Waals surface area contributed by atoms with E-state index < -0.39 is 8.53 Å². The summed E-state index contributed by atoms with van der Waals surface area (Å²) in [6.07, 6.45) is 0. The van der Waals surface area contributed by atoms with Crippen LogP contribution < -0.4 is 10.4 Å². The Balaban J connectivity index is 2.68. The molecule has 0 amide bonds. The third-order valence-electron chi connectivity index (χ3n) is 0.310. The van der Waals surface area contributed by atoms with Gasteiger partial charge in [0.25, 0.3) is 0 Å². The largest absolute Gasteiger partial charge is 0.796 e. The number of rotatable bonds is 3. The minimum absolute atomic E-state index is 0.0473. The van der Waals surface area contributed by atoms with Gasteiger partial charge in [-0.3, -0.25) is 5.50 Å². The fourth-order valence-corrected chi connectivity index (χ4v) is 0.392. The van der Waals surface area contributed by atoms with E-state index in [-0.39, 0.29) is 13.2 Å². The molecule has 44 valence electrons. The number of aliphatic hydroxyl groups excluding tert-OH is 1. The second-order valence-electron chi connectivity index (χ2n) is 0.842. The van der Waals surface area contributed by atoms with Gasteiger partial charge in [-0.05, 0) is 0 Å². The smallest absolute Gasteiger partial charge is 0.0741 e. The number of aliphatic hydroxyl groups is 1. The van der Waals surface area contributed by atoms with Crippen molar-refractivity contribution in [2.24, 2.45) is 5.50 Å². The quantitative estimate of drug-likeness (QED) is 0.451. The van der Waals surface area contributed by atoms with Crippen molar-refractivity contribution >= 4 is 8.53 Å². The maximum Gasteiger partial charge on any atom is 0.0741 e. The molecule has 0 heterocycles. The average Bonchev–Trinajstić information content (AvgIpc) is 1.61. The lowest BCUT2D eigenvalue weighted by molar-refractivity contribution is -0.181. The van der Waals surface area contributed by atoms with Crippen LogP contribution in [0.4, 0.5) is 0 Å². The summed E-state index contributed by atoms with van der Waals surface area (Å²) in [5.74, 6) is 0. The lowest BCUT2D eigenvalue weighted by atomic mass is 10.8. The summed E-state index contributed by atoms with van der Waals surface area (Å²) in [6, 6.07) is 0. The highest BCUT2D eigenvalue weighted by molar-refractivity contribution is 7.41. The van der Waals surface area contributed by atoms with Gasteiger partial charge in [0.2, 0.25) is 0 Å². The third-order valence-corrected chi connectivity index (χ3v) is 0.747. The Kier molecular flexibility index (Phi) is 4.60. The molecule has 0 rings (SSSR count). The van der Waals surface area contributed by atoms with E-state index in [0.29, 0.717) is 0 Å². The normalized spacial score (nSPS) is 14.1. The fraction of sp³-hybridized carbons (Fsp3) is 1.00. The maximum atomic E-state index is 9.80. The molecule has 0 aromatic carbocycles. The maximum absolute atomic E-state index is 9.80. The standard InChI is InChI=1S/C2H7NO3P/c3-7(5)6-2-1-4/h4H,1-3H2/q-1. The molecule has 1 atom stereocenters. The number of nitrogens with two attached hydrogens (primary N) is 1. The van der Waals surface area contributed by atoms with Gasteiger partial charge < -0.3 is 14.5 Å². The molecule has 0 aliphatic rings. The molecule has 0 bridgehead atoms. The van der Waals surface area contributed by atoms with E-state index in [0.717, 1.165) is 0 Å². The molecule has 1 unspecified atom stereocenters. The fourth-order valence-electron chi connectivity index (χ4n) is 0.131. The Morgan fingerprint density at radius 2 is 2.43 bits per heavy atom. The third kappa shape index (κ3) is 6.27. The SMILES string of the molecule is NP([O-])OCCO. The first kappa shape index (κ1) is 7.27. The summed E-state index contributed by atoms with van der Waals surface area (Å²) < 4.78 is 4.23. The van der Waals surface area contributed by atoms with Crippen molar-refractivity contribution in [2.75, 3.05) is 13.2 Å². The van der Waals surface area contributed by atoms with Gasteiger partial charge in [0.05, 0.1) is 13.2 Å². The molecule has 0 aromatic heterocycles. The second kappa shape index (κ2) is 4.43. The van der Waals surface area contributed by atoms with E-state index in [2.05, 4.69) is 10.0 Å². The van der Waals surface area contributed by atoms with Crippen LogP contribution in [0.25, 0.3) is 0 Å². The summed E-state index contributed by atoms with van der Waals surface area (Å²) in [5, 5.41) is 8.01. The van der Waals surface area contributed by atoms with Crippen molar-refractivity contribution in [2.45, 2.75) is 0 Å². The Morgan fingerprint density at radius 1 is 1.86 bits per heavy atom. The van der Waals surface area contributed by atoms with Crippen LogP contribution in [0, 0.1) is 0 Å². The van der Waals surface area contributed by atoms with Gasteiger partial charge >= 0.3 is 0 Å². The predicted molar refractivity (Wildman–Crippen MR) is 24.1 cm³/mol. The van der Waals surface area contributed by atoms with Gasteiger partial charge in [0.15, 0.2) is 0 Å². The molecular formula is C2H7NO3P-. The molecule has 0 aliphatic carbocycles. The van der Waals surface area contributed by atoms with Crippen LogP contribution >= 0.6 is 8.53 Å². The summed E-state index contributed by atoms with van der Waals surface area (Å²) in [4.78, 5) is 9.80. The summed E-state index contributed by atoms with van der Waals surface area (Å²) in [5.41, 5.74) is 4.65. The minimum atomic E-state index is -2.02. The zero-order chi connectivity index (χ0) is 5.70. The van der Waals surface area contributed by atoms with Crippen LogP contribution in [0.2, 0.25) is 0 Å². The van der Waals surface area contributed by atoms with Crippen molar-refractivity contribution in [1.29, 1.82) is 0 Å². The zero-order valence-electron chi connectivity index (χ0n) is 3.70. The topological polar surface area (TPSA) is 78.5 Å². The van der Waals surface area contributed by atoms with Gasteiger partial charge in [-0.15, -0.1) is 0 Å². The van der Waals surface area contributed by atoms with E-state index in [4.69, 9.17) is 5.11 Å². The van der Waals surface area contributed by atoms with E-state index in [9.17, 15) is 4.89 Å². The van der Waals surface area contributed by atoms with Crippen LogP contribution in [-0.4, -0.2) is 18.3 Å². The molecule has 7 heavy (non-hydrogen) atoms. The molecule has 0 spiro atoms. The van der Waals surface area contributed by atoms with E-state index in [1.165, 1.54) is 0 Å². The van der Waals surface area contributed by atoms with Crippen molar-refractivity contribution in [3.8, 4) is 0 Å². The van der Waals surface area contributed by atoms with E-state index >= 15 is 0 Å². The highest BCUT2D eigenvalue weighted by Crippen LogP contribution is 2.11. The first-order valence-electron chi connectivity index (χ1n) is 1.73. The molecule has 0 aliphatic heterocycles. The van der Waals surface area contributed by atoms with Gasteiger partial charge in [0.1, 0.15) is 0 Å². The highest BCUT2D eigenvalue weighted by Gasteiger charge is 1.80. The second-order valence-corrected chi connectivity index (χ2v) is 1.67. The van der Waals surface area contributed by atoms with Gasteiger partial charge in [-0.2, -0.15) is 0 Å². The summed E-state index contributed by atoms with van der Waals surface area (Å²) in [6.45, 7) is -0.0933. The number of hydrogen-bond donors (Lipinski definition) is 2. The molecule has 0 saturated heterocycles. The summed E-state index contributed by atoms with van der Waals surface area (Å²) >= 11 is 0. The van der Waals surface area contributed by atoms with Crippen LogP contribution in [-0.2, 0) is 4.52 Å². The predicted octanol–water partition coefficient (Wildman–Crippen LogP) is -1.46. The average molecular weight is 124 g/mol. The van der Waals surface area contributed by atoms with Crippen molar-refractivity contribution in [3.63, 3.8) is 0 Å². The molecule has 0 fully saturated rings. The molecule has 5 heteroatoms.